The summed E-state index contributed by atoms with van der Waals surface area (Å²) in [5.74, 6) is 0.610. The molecule has 1 atom stereocenters. The van der Waals surface area contributed by atoms with Crippen LogP contribution in [0, 0.1) is 0 Å². The number of methoxy groups -OCH3 is 1. The molecule has 1 aromatic heterocycles. The van der Waals surface area contributed by atoms with Gasteiger partial charge in [0, 0.05) is 17.1 Å². The van der Waals surface area contributed by atoms with Crippen molar-refractivity contribution in [3.63, 3.8) is 0 Å². The smallest absolute Gasteiger partial charge is 0.325 e. The molecule has 0 bridgehead atoms. The Hall–Kier alpha value is -3.13. The number of nitrogens with zero attached hydrogens (tertiary/aromatic N) is 3. The molecule has 3 aromatic rings. The molecule has 0 fully saturated rings. The van der Waals surface area contributed by atoms with Crippen LogP contribution in [0.1, 0.15) is 25.1 Å². The zero-order chi connectivity index (χ0) is 20.5. The van der Waals surface area contributed by atoms with E-state index in [1.807, 2.05) is 61.7 Å². The van der Waals surface area contributed by atoms with Gasteiger partial charge in [-0.25, -0.2) is 4.90 Å². The Morgan fingerprint density at radius 2 is 2.07 bits per heavy atom. The van der Waals surface area contributed by atoms with E-state index in [1.54, 1.807) is 16.7 Å². The minimum atomic E-state index is -0.601. The van der Waals surface area contributed by atoms with Crippen molar-refractivity contribution in [1.29, 1.82) is 0 Å². The third kappa shape index (κ3) is 3.19. The molecule has 0 saturated heterocycles. The molecular formula is C21H21N4O3S+. The lowest BCUT2D eigenvalue weighted by molar-refractivity contribution is -0.763. The van der Waals surface area contributed by atoms with Crippen LogP contribution in [0.15, 0.2) is 58.5 Å². The largest absolute Gasteiger partial charge is 0.497 e. The van der Waals surface area contributed by atoms with E-state index in [9.17, 15) is 9.59 Å². The summed E-state index contributed by atoms with van der Waals surface area (Å²) < 4.78 is 7.04. The van der Waals surface area contributed by atoms with Gasteiger partial charge in [-0.2, -0.15) is 0 Å². The Kier molecular flexibility index (Phi) is 5.10. The van der Waals surface area contributed by atoms with Crippen LogP contribution >= 0.6 is 11.8 Å². The first-order chi connectivity index (χ1) is 14.1. The highest BCUT2D eigenvalue weighted by Gasteiger charge is 2.45. The van der Waals surface area contributed by atoms with Crippen LogP contribution in [0.5, 0.6) is 5.75 Å². The highest BCUT2D eigenvalue weighted by atomic mass is 32.2. The fraction of sp³-hybridized carbons (Fsp3) is 0.238. The minimum Gasteiger partial charge on any atom is -0.497 e. The second-order valence-electron chi connectivity index (χ2n) is 6.54. The van der Waals surface area contributed by atoms with Gasteiger partial charge in [-0.05, 0) is 41.3 Å². The normalized spacial score (nSPS) is 14.9. The van der Waals surface area contributed by atoms with Crippen molar-refractivity contribution in [1.82, 2.24) is 10.1 Å². The summed E-state index contributed by atoms with van der Waals surface area (Å²) in [5, 5.41) is 5.14. The Morgan fingerprint density at radius 3 is 2.79 bits per heavy atom. The van der Waals surface area contributed by atoms with Crippen molar-refractivity contribution in [3.05, 3.63) is 64.4 Å². The molecule has 8 heteroatoms. The number of thioether (sulfide) groups is 1. The fourth-order valence-corrected chi connectivity index (χ4v) is 3.97. The van der Waals surface area contributed by atoms with E-state index in [1.165, 1.54) is 11.8 Å². The van der Waals surface area contributed by atoms with E-state index in [0.29, 0.717) is 34.3 Å². The van der Waals surface area contributed by atoms with Crippen molar-refractivity contribution in [2.45, 2.75) is 24.7 Å². The lowest BCUT2D eigenvalue weighted by atomic mass is 10.0. The molecule has 1 amide bonds. The van der Waals surface area contributed by atoms with Crippen LogP contribution in [-0.2, 0) is 4.79 Å². The Labute approximate surface area is 172 Å². The number of hydrogen-bond acceptors (Lipinski definition) is 5. The second kappa shape index (κ2) is 7.71. The van der Waals surface area contributed by atoms with Crippen LogP contribution in [0.2, 0.25) is 0 Å². The molecule has 29 heavy (non-hydrogen) atoms. The summed E-state index contributed by atoms with van der Waals surface area (Å²) in [4.78, 5) is 30.6. The number of carbonyl (C=O) groups is 1. The number of carbonyl (C=O) groups excluding carboxylic acids is 1. The van der Waals surface area contributed by atoms with Gasteiger partial charge in [0.15, 0.2) is 0 Å². The fourth-order valence-electron chi connectivity index (χ4n) is 3.61. The van der Waals surface area contributed by atoms with Gasteiger partial charge < -0.3 is 4.74 Å². The van der Waals surface area contributed by atoms with Crippen molar-refractivity contribution in [2.24, 2.45) is 0 Å². The molecular weight excluding hydrogens is 388 g/mol. The summed E-state index contributed by atoms with van der Waals surface area (Å²) >= 11 is 1.34. The third-order valence-corrected chi connectivity index (χ3v) is 5.48. The molecule has 7 nitrogen and oxygen atoms in total. The van der Waals surface area contributed by atoms with Crippen molar-refractivity contribution in [3.8, 4) is 17.0 Å². The zero-order valence-corrected chi connectivity index (χ0v) is 17.2. The lowest BCUT2D eigenvalue weighted by Gasteiger charge is -2.32. The first-order valence-corrected chi connectivity index (χ1v) is 10.5. The van der Waals surface area contributed by atoms with E-state index >= 15 is 0 Å². The number of hydrogen-bond donors (Lipinski definition) is 1. The van der Waals surface area contributed by atoms with Gasteiger partial charge in [0.05, 0.1) is 18.4 Å². The molecule has 148 valence electrons. The minimum absolute atomic E-state index is 0.0591. The molecule has 1 N–H and O–H groups in total. The molecule has 2 heterocycles. The van der Waals surface area contributed by atoms with E-state index in [0.717, 1.165) is 5.56 Å². The Morgan fingerprint density at radius 1 is 1.28 bits per heavy atom. The number of aromatic amines is 1. The number of benzene rings is 2. The maximum absolute atomic E-state index is 13.1. The van der Waals surface area contributed by atoms with Gasteiger partial charge in [-0.1, -0.05) is 36.9 Å². The van der Waals surface area contributed by atoms with E-state index in [4.69, 9.17) is 4.74 Å². The second-order valence-corrected chi connectivity index (χ2v) is 7.34. The van der Waals surface area contributed by atoms with Crippen LogP contribution in [0.25, 0.3) is 11.3 Å². The van der Waals surface area contributed by atoms with Crippen molar-refractivity contribution < 1.29 is 14.2 Å². The average molecular weight is 409 g/mol. The van der Waals surface area contributed by atoms with Gasteiger partial charge in [0.1, 0.15) is 5.75 Å². The number of amides is 1. The number of anilines is 1. The SMILES string of the molecule is CCC(=O)N1c2ccccc2-c2c(=O)[nH]c(SC)n[n+]2C1c1cccc(OC)c1. The molecule has 2 aromatic carbocycles. The first kappa shape index (κ1) is 19.2. The van der Waals surface area contributed by atoms with Crippen LogP contribution in [-0.4, -0.2) is 29.4 Å². The molecule has 0 aliphatic carbocycles. The maximum atomic E-state index is 13.1. The van der Waals surface area contributed by atoms with E-state index in [2.05, 4.69) is 10.1 Å². The number of ether oxygens (including phenoxy) is 1. The van der Waals surface area contributed by atoms with Crippen LogP contribution < -0.4 is 19.9 Å². The topological polar surface area (TPSA) is 79.2 Å². The quantitative estimate of drug-likeness (QED) is 0.530. The Balaban J connectivity index is 2.08. The van der Waals surface area contributed by atoms with Crippen molar-refractivity contribution in [2.75, 3.05) is 18.3 Å². The zero-order valence-electron chi connectivity index (χ0n) is 16.4. The van der Waals surface area contributed by atoms with E-state index in [-0.39, 0.29) is 11.5 Å². The number of fused-ring (bicyclic) bond motifs is 3. The maximum Gasteiger partial charge on any atom is 0.325 e. The summed E-state index contributed by atoms with van der Waals surface area (Å²) in [5.41, 5.74) is 2.35. The molecule has 1 unspecified atom stereocenters. The Bertz CT molecular complexity index is 1140. The third-order valence-electron chi connectivity index (χ3n) is 4.91. The molecule has 4 rings (SSSR count). The molecule has 1 aliphatic heterocycles. The van der Waals surface area contributed by atoms with Crippen LogP contribution in [0.3, 0.4) is 0 Å². The molecule has 0 radical (unpaired) electrons. The number of nitrogens with one attached hydrogen (secondary N) is 1. The standard InChI is InChI=1S/C21H20N4O3S/c1-4-17(26)24-16-11-6-5-10-15(16)18-19(27)22-21(29-3)23-25(18)20(24)13-8-7-9-14(12-13)28-2/h5-12,20H,4H2,1-3H3/p+1. The number of H-pyrrole nitrogens is 1. The summed E-state index contributed by atoms with van der Waals surface area (Å²) in [6.07, 6.45) is 1.57. The van der Waals surface area contributed by atoms with Gasteiger partial charge in [-0.3, -0.25) is 14.6 Å². The predicted octanol–water partition coefficient (Wildman–Crippen LogP) is 2.76. The molecule has 0 saturated carbocycles. The van der Waals surface area contributed by atoms with Gasteiger partial charge >= 0.3 is 11.3 Å². The average Bonchev–Trinajstić information content (AvgIpc) is 2.77. The molecule has 1 aliphatic rings. The summed E-state index contributed by atoms with van der Waals surface area (Å²) in [6.45, 7) is 1.83. The van der Waals surface area contributed by atoms with E-state index < -0.39 is 6.17 Å². The monoisotopic (exact) mass is 409 g/mol. The first-order valence-electron chi connectivity index (χ1n) is 9.24. The molecule has 0 spiro atoms. The summed E-state index contributed by atoms with van der Waals surface area (Å²) in [7, 11) is 1.60. The lowest BCUT2D eigenvalue weighted by Crippen LogP contribution is -2.60. The van der Waals surface area contributed by atoms with Crippen molar-refractivity contribution >= 4 is 23.4 Å². The summed E-state index contributed by atoms with van der Waals surface area (Å²) in [6, 6.07) is 14.9. The van der Waals surface area contributed by atoms with Gasteiger partial charge in [0.2, 0.25) is 11.1 Å². The van der Waals surface area contributed by atoms with Gasteiger partial charge in [0.25, 0.3) is 6.17 Å². The van der Waals surface area contributed by atoms with Crippen LogP contribution in [0.4, 0.5) is 5.69 Å². The van der Waals surface area contributed by atoms with Gasteiger partial charge in [-0.15, -0.1) is 0 Å². The highest BCUT2D eigenvalue weighted by molar-refractivity contribution is 7.98. The predicted molar refractivity (Wildman–Crippen MR) is 111 cm³/mol. The number of rotatable bonds is 4. The number of para-hydroxylation sites is 1. The highest BCUT2D eigenvalue weighted by Crippen LogP contribution is 2.38. The number of aromatic nitrogens is 3.